The number of Topliss-reactive ketones (excluding diaryl/α,β-unsaturated/α-hetero) is 1. The van der Waals surface area contributed by atoms with Gasteiger partial charge in [-0.1, -0.05) is 0 Å². The number of ketones is 1. The van der Waals surface area contributed by atoms with Crippen molar-refractivity contribution in [1.29, 1.82) is 0 Å². The van der Waals surface area contributed by atoms with Crippen LogP contribution in [0.15, 0.2) is 16.6 Å². The van der Waals surface area contributed by atoms with Crippen LogP contribution in [0.25, 0.3) is 0 Å². The molecule has 0 aromatic heterocycles. The molecule has 0 atom stereocenters. The maximum absolute atomic E-state index is 13.2. The lowest BCUT2D eigenvalue weighted by molar-refractivity contribution is -0.114. The van der Waals surface area contributed by atoms with Crippen molar-refractivity contribution >= 4 is 33.3 Å². The minimum absolute atomic E-state index is 0.168. The molecule has 0 N–H and O–H groups in total. The molecule has 0 fully saturated rings. The highest BCUT2D eigenvalue weighted by atomic mass is 79.9. The molecule has 0 unspecified atom stereocenters. The summed E-state index contributed by atoms with van der Waals surface area (Å²) in [6, 6.07) is 2.51. The number of rotatable bonds is 1. The van der Waals surface area contributed by atoms with Gasteiger partial charge in [-0.25, -0.2) is 4.39 Å². The van der Waals surface area contributed by atoms with Crippen molar-refractivity contribution in [2.24, 2.45) is 0 Å². The number of hydrogen-bond acceptors (Lipinski definition) is 2. The van der Waals surface area contributed by atoms with Crippen LogP contribution in [0.3, 0.4) is 0 Å². The maximum atomic E-state index is 13.2. The molecule has 0 spiro atoms. The number of benzene rings is 1. The van der Waals surface area contributed by atoms with Gasteiger partial charge in [0.25, 0.3) is 11.7 Å². The molecule has 2 rings (SSSR count). The fourth-order valence-corrected chi connectivity index (χ4v) is 2.19. The summed E-state index contributed by atoms with van der Waals surface area (Å²) in [5, 5.41) is 0. The number of nitrogens with zero attached hydrogens (tertiary/aromatic N) is 1. The van der Waals surface area contributed by atoms with Crippen LogP contribution in [0.2, 0.25) is 0 Å². The van der Waals surface area contributed by atoms with Gasteiger partial charge in [-0.3, -0.25) is 9.59 Å². The summed E-state index contributed by atoms with van der Waals surface area (Å²) in [7, 11) is 0. The third kappa shape index (κ3) is 1.30. The molecular weight excluding hydrogens is 265 g/mol. The van der Waals surface area contributed by atoms with Crippen molar-refractivity contribution in [3.63, 3.8) is 0 Å². The molecule has 0 saturated heterocycles. The van der Waals surface area contributed by atoms with Gasteiger partial charge in [0.05, 0.1) is 15.7 Å². The highest BCUT2D eigenvalue weighted by Crippen LogP contribution is 2.37. The van der Waals surface area contributed by atoms with Crippen molar-refractivity contribution in [3.05, 3.63) is 28.0 Å². The Labute approximate surface area is 94.0 Å². The van der Waals surface area contributed by atoms with Gasteiger partial charge < -0.3 is 4.90 Å². The molecule has 0 aliphatic carbocycles. The van der Waals surface area contributed by atoms with Gasteiger partial charge in [0, 0.05) is 6.54 Å². The van der Waals surface area contributed by atoms with E-state index in [4.69, 9.17) is 0 Å². The predicted molar refractivity (Wildman–Crippen MR) is 56.5 cm³/mol. The van der Waals surface area contributed by atoms with Crippen LogP contribution in [0.4, 0.5) is 10.1 Å². The second-order valence-corrected chi connectivity index (χ2v) is 3.93. The predicted octanol–water partition coefficient (Wildman–Crippen LogP) is 2.14. The first-order valence-electron chi connectivity index (χ1n) is 4.42. The second-order valence-electron chi connectivity index (χ2n) is 3.14. The van der Waals surface area contributed by atoms with Gasteiger partial charge in [0.1, 0.15) is 5.82 Å². The Bertz CT molecular complexity index is 473. The average molecular weight is 272 g/mol. The summed E-state index contributed by atoms with van der Waals surface area (Å²) >= 11 is 3.05. The summed E-state index contributed by atoms with van der Waals surface area (Å²) in [5.74, 6) is -1.65. The normalized spacial score (nSPS) is 14.7. The smallest absolute Gasteiger partial charge is 0.299 e. The lowest BCUT2D eigenvalue weighted by atomic mass is 10.1. The Hall–Kier alpha value is -1.23. The monoisotopic (exact) mass is 271 g/mol. The van der Waals surface area contributed by atoms with E-state index in [-0.39, 0.29) is 10.0 Å². The lowest BCUT2D eigenvalue weighted by Gasteiger charge is -2.14. The highest BCUT2D eigenvalue weighted by Gasteiger charge is 2.37. The summed E-state index contributed by atoms with van der Waals surface area (Å²) in [4.78, 5) is 24.3. The van der Waals surface area contributed by atoms with Crippen molar-refractivity contribution in [2.45, 2.75) is 6.92 Å². The first-order valence-corrected chi connectivity index (χ1v) is 5.21. The molecule has 1 amide bonds. The summed E-state index contributed by atoms with van der Waals surface area (Å²) in [6.45, 7) is 2.08. The average Bonchev–Trinajstić information content (AvgIpc) is 2.47. The zero-order valence-electron chi connectivity index (χ0n) is 7.88. The first-order chi connectivity index (χ1) is 7.07. The Morgan fingerprint density at radius 3 is 2.67 bits per heavy atom. The van der Waals surface area contributed by atoms with E-state index in [0.717, 1.165) is 0 Å². The van der Waals surface area contributed by atoms with Crippen LogP contribution < -0.4 is 4.90 Å². The Morgan fingerprint density at radius 2 is 2.07 bits per heavy atom. The number of hydrogen-bond donors (Lipinski definition) is 0. The van der Waals surface area contributed by atoms with Crippen molar-refractivity contribution in [3.8, 4) is 0 Å². The van der Waals surface area contributed by atoms with Gasteiger partial charge in [0.2, 0.25) is 0 Å². The third-order valence-corrected chi connectivity index (χ3v) is 3.09. The Kier molecular flexibility index (Phi) is 2.34. The SMILES string of the molecule is CCN1C(=O)C(=O)c2ccc(F)c(Br)c21. The molecule has 1 heterocycles. The Balaban J connectivity index is 2.72. The largest absolute Gasteiger partial charge is 0.304 e. The van der Waals surface area contributed by atoms with Crippen LogP contribution in [-0.4, -0.2) is 18.2 Å². The standard InChI is InChI=1S/C10H7BrFNO2/c1-2-13-8-5(9(14)10(13)15)3-4-6(12)7(8)11/h3-4H,2H2,1H3. The van der Waals surface area contributed by atoms with Crippen LogP contribution in [0, 0.1) is 5.82 Å². The van der Waals surface area contributed by atoms with E-state index in [9.17, 15) is 14.0 Å². The van der Waals surface area contributed by atoms with E-state index < -0.39 is 17.5 Å². The molecule has 0 saturated carbocycles. The van der Waals surface area contributed by atoms with E-state index in [1.165, 1.54) is 17.0 Å². The number of fused-ring (bicyclic) bond motifs is 1. The molecule has 5 heteroatoms. The van der Waals surface area contributed by atoms with E-state index in [0.29, 0.717) is 12.2 Å². The van der Waals surface area contributed by atoms with Gasteiger partial charge in [-0.15, -0.1) is 0 Å². The number of amides is 1. The van der Waals surface area contributed by atoms with Crippen LogP contribution in [-0.2, 0) is 4.79 Å². The fraction of sp³-hybridized carbons (Fsp3) is 0.200. The zero-order chi connectivity index (χ0) is 11.2. The minimum atomic E-state index is -0.598. The number of anilines is 1. The lowest BCUT2D eigenvalue weighted by Crippen LogP contribution is -2.29. The molecular formula is C10H7BrFNO2. The van der Waals surface area contributed by atoms with Crippen molar-refractivity contribution in [2.75, 3.05) is 11.4 Å². The van der Waals surface area contributed by atoms with E-state index >= 15 is 0 Å². The van der Waals surface area contributed by atoms with Gasteiger partial charge in [-0.2, -0.15) is 0 Å². The van der Waals surface area contributed by atoms with E-state index in [1.807, 2.05) is 0 Å². The topological polar surface area (TPSA) is 37.4 Å². The highest BCUT2D eigenvalue weighted by molar-refractivity contribution is 9.10. The van der Waals surface area contributed by atoms with Crippen LogP contribution in [0.5, 0.6) is 0 Å². The van der Waals surface area contributed by atoms with E-state index in [1.54, 1.807) is 6.92 Å². The van der Waals surface area contributed by atoms with E-state index in [2.05, 4.69) is 15.9 Å². The molecule has 1 aromatic rings. The van der Waals surface area contributed by atoms with Crippen molar-refractivity contribution < 1.29 is 14.0 Å². The molecule has 1 aliphatic rings. The molecule has 15 heavy (non-hydrogen) atoms. The molecule has 0 radical (unpaired) electrons. The van der Waals surface area contributed by atoms with Gasteiger partial charge >= 0.3 is 0 Å². The maximum Gasteiger partial charge on any atom is 0.299 e. The summed E-state index contributed by atoms with van der Waals surface area (Å²) in [5.41, 5.74) is 0.600. The number of likely N-dealkylation sites (N-methyl/N-ethyl adjacent to an activating group) is 1. The summed E-state index contributed by atoms with van der Waals surface area (Å²) in [6.07, 6.45) is 0. The number of carbonyl (C=O) groups is 2. The summed E-state index contributed by atoms with van der Waals surface area (Å²) < 4.78 is 13.4. The molecule has 3 nitrogen and oxygen atoms in total. The number of halogens is 2. The second kappa shape index (κ2) is 3.41. The van der Waals surface area contributed by atoms with Crippen LogP contribution >= 0.6 is 15.9 Å². The molecule has 1 aromatic carbocycles. The fourth-order valence-electron chi connectivity index (χ4n) is 1.63. The van der Waals surface area contributed by atoms with Gasteiger partial charge in [0.15, 0.2) is 0 Å². The zero-order valence-corrected chi connectivity index (χ0v) is 9.47. The minimum Gasteiger partial charge on any atom is -0.304 e. The van der Waals surface area contributed by atoms with Gasteiger partial charge in [-0.05, 0) is 35.0 Å². The quantitative estimate of drug-likeness (QED) is 0.734. The molecule has 1 aliphatic heterocycles. The van der Waals surface area contributed by atoms with Crippen molar-refractivity contribution in [1.82, 2.24) is 0 Å². The third-order valence-electron chi connectivity index (χ3n) is 2.34. The van der Waals surface area contributed by atoms with Crippen LogP contribution in [0.1, 0.15) is 17.3 Å². The molecule has 0 bridgehead atoms. The Morgan fingerprint density at radius 1 is 1.40 bits per heavy atom. The number of carbonyl (C=O) groups excluding carboxylic acids is 2. The molecule has 78 valence electrons. The first kappa shape index (κ1) is 10.3.